The minimum Gasteiger partial charge on any atom is -0.448 e. The zero-order chi connectivity index (χ0) is 17.3. The van der Waals surface area contributed by atoms with Gasteiger partial charge in [-0.15, -0.1) is 0 Å². The summed E-state index contributed by atoms with van der Waals surface area (Å²) < 4.78 is 5.25. The number of carbonyl (C=O) groups excluding carboxylic acids is 1. The van der Waals surface area contributed by atoms with E-state index >= 15 is 0 Å². The number of hydrogen-bond acceptors (Lipinski definition) is 6. The molecule has 0 saturated heterocycles. The van der Waals surface area contributed by atoms with Crippen molar-refractivity contribution in [2.24, 2.45) is 0 Å². The van der Waals surface area contributed by atoms with Crippen molar-refractivity contribution in [3.63, 3.8) is 0 Å². The van der Waals surface area contributed by atoms with E-state index < -0.39 is 0 Å². The van der Waals surface area contributed by atoms with Gasteiger partial charge in [-0.2, -0.15) is 0 Å². The second kappa shape index (κ2) is 6.46. The number of nitrogens with one attached hydrogen (secondary N) is 1. The average Bonchev–Trinajstić information content (AvgIpc) is 2.93. The third-order valence-electron chi connectivity index (χ3n) is 4.21. The summed E-state index contributed by atoms with van der Waals surface area (Å²) in [5.74, 6) is 0.966. The highest BCUT2D eigenvalue weighted by Gasteiger charge is 2.26. The third kappa shape index (κ3) is 2.91. The Morgan fingerprint density at radius 2 is 2.12 bits per heavy atom. The van der Waals surface area contributed by atoms with Gasteiger partial charge in [-0.05, 0) is 6.42 Å². The molecular weight excluding hydrogens is 310 g/mol. The fourth-order valence-corrected chi connectivity index (χ4v) is 2.86. The standard InChI is InChI=1S/C16H21N5O3/c1-4-12-13(17-9-24-12)15(23)21-7-5-10-11(6-8-21)18-16(20(2)3)19-14(10)22/h9H,4-8H2,1-3H3,(H,18,19,22). The van der Waals surface area contributed by atoms with E-state index in [4.69, 9.17) is 4.42 Å². The van der Waals surface area contributed by atoms with Crippen molar-refractivity contribution in [3.8, 4) is 0 Å². The van der Waals surface area contributed by atoms with Gasteiger partial charge in [0.2, 0.25) is 5.95 Å². The summed E-state index contributed by atoms with van der Waals surface area (Å²) in [7, 11) is 3.65. The number of aromatic nitrogens is 3. The molecule has 1 N–H and O–H groups in total. The van der Waals surface area contributed by atoms with Gasteiger partial charge in [-0.1, -0.05) is 6.92 Å². The molecule has 0 saturated carbocycles. The Hall–Kier alpha value is -2.64. The van der Waals surface area contributed by atoms with Gasteiger partial charge < -0.3 is 14.2 Å². The molecule has 0 atom stereocenters. The van der Waals surface area contributed by atoms with Crippen LogP contribution in [0.15, 0.2) is 15.6 Å². The number of oxazole rings is 1. The topological polar surface area (TPSA) is 95.3 Å². The van der Waals surface area contributed by atoms with E-state index in [0.29, 0.717) is 55.3 Å². The number of nitrogens with zero attached hydrogens (tertiary/aromatic N) is 4. The molecule has 0 aromatic carbocycles. The molecule has 3 rings (SSSR count). The average molecular weight is 331 g/mol. The number of anilines is 1. The molecular formula is C16H21N5O3. The van der Waals surface area contributed by atoms with Crippen LogP contribution in [-0.2, 0) is 19.3 Å². The maximum atomic E-state index is 12.7. The van der Waals surface area contributed by atoms with Crippen molar-refractivity contribution in [2.75, 3.05) is 32.1 Å². The Morgan fingerprint density at radius 3 is 2.83 bits per heavy atom. The Balaban J connectivity index is 1.84. The molecule has 0 radical (unpaired) electrons. The van der Waals surface area contributed by atoms with E-state index in [1.807, 2.05) is 21.0 Å². The number of hydrogen-bond donors (Lipinski definition) is 1. The molecule has 8 nitrogen and oxygen atoms in total. The maximum Gasteiger partial charge on any atom is 0.276 e. The summed E-state index contributed by atoms with van der Waals surface area (Å²) in [4.78, 5) is 39.8. The molecule has 24 heavy (non-hydrogen) atoms. The molecule has 0 aliphatic carbocycles. The Kier molecular flexibility index (Phi) is 4.37. The fourth-order valence-electron chi connectivity index (χ4n) is 2.86. The van der Waals surface area contributed by atoms with Gasteiger partial charge in [-0.3, -0.25) is 14.6 Å². The van der Waals surface area contributed by atoms with Crippen molar-refractivity contribution in [3.05, 3.63) is 39.5 Å². The first-order valence-electron chi connectivity index (χ1n) is 8.02. The lowest BCUT2D eigenvalue weighted by Gasteiger charge is -2.19. The lowest BCUT2D eigenvalue weighted by Crippen LogP contribution is -2.34. The van der Waals surface area contributed by atoms with E-state index in [0.717, 1.165) is 5.69 Å². The molecule has 0 spiro atoms. The maximum absolute atomic E-state index is 12.7. The predicted octanol–water partition coefficient (Wildman–Crippen LogP) is 0.627. The van der Waals surface area contributed by atoms with Crippen LogP contribution in [0.1, 0.15) is 34.4 Å². The van der Waals surface area contributed by atoms with Crippen LogP contribution < -0.4 is 10.5 Å². The molecule has 2 aromatic rings. The summed E-state index contributed by atoms with van der Waals surface area (Å²) in [6.07, 6.45) is 2.94. The van der Waals surface area contributed by atoms with Gasteiger partial charge in [0.05, 0.1) is 5.69 Å². The lowest BCUT2D eigenvalue weighted by atomic mass is 10.1. The van der Waals surface area contributed by atoms with Crippen LogP contribution in [0.25, 0.3) is 0 Å². The van der Waals surface area contributed by atoms with Crippen molar-refractivity contribution in [1.82, 2.24) is 19.9 Å². The van der Waals surface area contributed by atoms with Crippen LogP contribution in [-0.4, -0.2) is 52.9 Å². The molecule has 128 valence electrons. The molecule has 0 bridgehead atoms. The molecule has 8 heteroatoms. The summed E-state index contributed by atoms with van der Waals surface area (Å²) in [6, 6.07) is 0. The smallest absolute Gasteiger partial charge is 0.276 e. The number of aryl methyl sites for hydroxylation is 1. The monoisotopic (exact) mass is 331 g/mol. The van der Waals surface area contributed by atoms with Gasteiger partial charge in [-0.25, -0.2) is 9.97 Å². The zero-order valence-electron chi connectivity index (χ0n) is 14.1. The van der Waals surface area contributed by atoms with Crippen LogP contribution >= 0.6 is 0 Å². The first kappa shape index (κ1) is 16.2. The largest absolute Gasteiger partial charge is 0.448 e. The highest BCUT2D eigenvalue weighted by Crippen LogP contribution is 2.16. The van der Waals surface area contributed by atoms with Gasteiger partial charge in [0, 0.05) is 45.6 Å². The van der Waals surface area contributed by atoms with Crippen LogP contribution in [0.3, 0.4) is 0 Å². The molecule has 1 amide bonds. The highest BCUT2D eigenvalue weighted by atomic mass is 16.3. The Bertz CT molecular complexity index is 808. The van der Waals surface area contributed by atoms with Crippen molar-refractivity contribution >= 4 is 11.9 Å². The van der Waals surface area contributed by atoms with E-state index in [1.54, 1.807) is 9.80 Å². The molecule has 2 aromatic heterocycles. The summed E-state index contributed by atoms with van der Waals surface area (Å²) in [5, 5.41) is 0. The molecule has 0 fully saturated rings. The predicted molar refractivity (Wildman–Crippen MR) is 88.4 cm³/mol. The van der Waals surface area contributed by atoms with Crippen LogP contribution in [0.4, 0.5) is 5.95 Å². The van der Waals surface area contributed by atoms with E-state index in [9.17, 15) is 9.59 Å². The molecule has 0 unspecified atom stereocenters. The number of carbonyl (C=O) groups is 1. The minimum absolute atomic E-state index is 0.131. The minimum atomic E-state index is -0.155. The second-order valence-electron chi connectivity index (χ2n) is 5.98. The van der Waals surface area contributed by atoms with E-state index in [-0.39, 0.29) is 11.5 Å². The number of H-pyrrole nitrogens is 1. The zero-order valence-corrected chi connectivity index (χ0v) is 14.1. The quantitative estimate of drug-likeness (QED) is 0.886. The van der Waals surface area contributed by atoms with E-state index in [1.165, 1.54) is 6.39 Å². The molecule has 3 heterocycles. The van der Waals surface area contributed by atoms with Crippen molar-refractivity contribution < 1.29 is 9.21 Å². The second-order valence-corrected chi connectivity index (χ2v) is 5.98. The summed E-state index contributed by atoms with van der Waals surface area (Å²) in [6.45, 7) is 2.89. The van der Waals surface area contributed by atoms with Gasteiger partial charge >= 0.3 is 0 Å². The Labute approximate surface area is 139 Å². The van der Waals surface area contributed by atoms with Crippen LogP contribution in [0.5, 0.6) is 0 Å². The number of fused-ring (bicyclic) bond motifs is 1. The van der Waals surface area contributed by atoms with Gasteiger partial charge in [0.1, 0.15) is 5.76 Å². The SMILES string of the molecule is CCc1ocnc1C(=O)N1CCc2nc(N(C)C)[nH]c(=O)c2CC1. The van der Waals surface area contributed by atoms with Gasteiger partial charge in [0.15, 0.2) is 12.1 Å². The van der Waals surface area contributed by atoms with Crippen molar-refractivity contribution in [1.29, 1.82) is 0 Å². The third-order valence-corrected chi connectivity index (χ3v) is 4.21. The summed E-state index contributed by atoms with van der Waals surface area (Å²) >= 11 is 0. The van der Waals surface area contributed by atoms with Crippen LogP contribution in [0.2, 0.25) is 0 Å². The first-order chi connectivity index (χ1) is 11.5. The number of rotatable bonds is 3. The highest BCUT2D eigenvalue weighted by molar-refractivity contribution is 5.93. The molecule has 1 aliphatic rings. The Morgan fingerprint density at radius 1 is 1.38 bits per heavy atom. The summed E-state index contributed by atoms with van der Waals surface area (Å²) in [5.41, 5.74) is 1.65. The number of aromatic amines is 1. The molecule has 1 aliphatic heterocycles. The van der Waals surface area contributed by atoms with E-state index in [2.05, 4.69) is 15.0 Å². The normalized spacial score (nSPS) is 14.2. The lowest BCUT2D eigenvalue weighted by molar-refractivity contribution is 0.0755. The van der Waals surface area contributed by atoms with Gasteiger partial charge in [0.25, 0.3) is 11.5 Å². The van der Waals surface area contributed by atoms with Crippen LogP contribution in [0, 0.1) is 0 Å². The number of amides is 1. The first-order valence-corrected chi connectivity index (χ1v) is 8.02. The fraction of sp³-hybridized carbons (Fsp3) is 0.500. The van der Waals surface area contributed by atoms with Crippen molar-refractivity contribution in [2.45, 2.75) is 26.2 Å².